The fourth-order valence-corrected chi connectivity index (χ4v) is 2.90. The lowest BCUT2D eigenvalue weighted by molar-refractivity contribution is -0.132. The van der Waals surface area contributed by atoms with Gasteiger partial charge in [0.2, 0.25) is 11.8 Å². The Balaban J connectivity index is 0.00000338. The molecule has 0 unspecified atom stereocenters. The summed E-state index contributed by atoms with van der Waals surface area (Å²) in [6.07, 6.45) is 1.05. The van der Waals surface area contributed by atoms with Crippen LogP contribution in [0.2, 0.25) is 0 Å². The summed E-state index contributed by atoms with van der Waals surface area (Å²) in [4.78, 5) is 28.5. The number of amides is 2. The van der Waals surface area contributed by atoms with Crippen molar-refractivity contribution in [3.63, 3.8) is 0 Å². The number of hydrogen-bond donors (Lipinski definition) is 2. The number of rotatable bonds is 6. The number of nitrogens with zero attached hydrogens (tertiary/aromatic N) is 2. The lowest BCUT2D eigenvalue weighted by Gasteiger charge is -2.32. The highest BCUT2D eigenvalue weighted by Crippen LogP contribution is 2.13. The monoisotopic (exact) mass is 418 g/mol. The molecule has 8 heteroatoms. The van der Waals surface area contributed by atoms with E-state index in [1.807, 2.05) is 43.0 Å². The molecule has 0 saturated carbocycles. The van der Waals surface area contributed by atoms with E-state index in [1.54, 1.807) is 0 Å². The number of benzene rings is 1. The number of likely N-dealkylation sites (N-methyl/N-ethyl adjacent to an activating group) is 1. The highest BCUT2D eigenvalue weighted by molar-refractivity contribution is 5.94. The first-order valence-electron chi connectivity index (χ1n) is 8.97. The summed E-state index contributed by atoms with van der Waals surface area (Å²) in [6, 6.07) is 6.92. The van der Waals surface area contributed by atoms with Crippen molar-refractivity contribution in [1.29, 1.82) is 0 Å². The highest BCUT2D eigenvalue weighted by atomic mass is 35.5. The quantitative estimate of drug-likeness (QED) is 0.741. The first-order chi connectivity index (χ1) is 11.8. The summed E-state index contributed by atoms with van der Waals surface area (Å²) in [7, 11) is 2.07. The highest BCUT2D eigenvalue weighted by Gasteiger charge is 2.19. The van der Waals surface area contributed by atoms with Crippen LogP contribution in [-0.4, -0.2) is 60.9 Å². The summed E-state index contributed by atoms with van der Waals surface area (Å²) in [5.74, 6) is 0.363. The third-order valence-electron chi connectivity index (χ3n) is 4.49. The minimum atomic E-state index is -0.501. The van der Waals surface area contributed by atoms with Gasteiger partial charge >= 0.3 is 0 Å². The summed E-state index contributed by atoms with van der Waals surface area (Å²) in [5.41, 5.74) is 7.55. The Hall–Kier alpha value is -1.34. The molecule has 1 heterocycles. The average molecular weight is 419 g/mol. The van der Waals surface area contributed by atoms with Crippen molar-refractivity contribution in [2.75, 3.05) is 38.5 Å². The molecule has 154 valence electrons. The van der Waals surface area contributed by atoms with E-state index >= 15 is 0 Å². The molecule has 1 aromatic rings. The minimum Gasteiger partial charge on any atom is -0.340 e. The third-order valence-corrected chi connectivity index (χ3v) is 4.49. The zero-order valence-corrected chi connectivity index (χ0v) is 17.9. The first-order valence-corrected chi connectivity index (χ1v) is 8.97. The van der Waals surface area contributed by atoms with Crippen molar-refractivity contribution in [3.8, 4) is 0 Å². The molecule has 1 saturated heterocycles. The number of nitrogens with one attached hydrogen (secondary N) is 1. The van der Waals surface area contributed by atoms with Gasteiger partial charge in [-0.15, -0.1) is 24.8 Å². The van der Waals surface area contributed by atoms with E-state index in [9.17, 15) is 9.59 Å². The number of halogens is 2. The van der Waals surface area contributed by atoms with Crippen LogP contribution in [0.4, 0.5) is 5.69 Å². The van der Waals surface area contributed by atoms with Gasteiger partial charge in [-0.05, 0) is 37.1 Å². The van der Waals surface area contributed by atoms with Gasteiger partial charge in [-0.3, -0.25) is 9.59 Å². The van der Waals surface area contributed by atoms with Crippen molar-refractivity contribution in [1.82, 2.24) is 9.80 Å². The first kappa shape index (κ1) is 25.7. The fourth-order valence-electron chi connectivity index (χ4n) is 2.90. The maximum absolute atomic E-state index is 12.3. The summed E-state index contributed by atoms with van der Waals surface area (Å²) in [6.45, 7) is 7.51. The maximum atomic E-state index is 12.3. The SMILES string of the molecule is CC(C)C[C@H](N)C(=O)Nc1ccc(CC(=O)N2CCN(C)CC2)cc1.Cl.Cl. The molecule has 0 aromatic heterocycles. The lowest BCUT2D eigenvalue weighted by Crippen LogP contribution is -2.47. The molecule has 3 N–H and O–H groups in total. The van der Waals surface area contributed by atoms with Crippen LogP contribution in [0.25, 0.3) is 0 Å². The van der Waals surface area contributed by atoms with Crippen LogP contribution in [0.1, 0.15) is 25.8 Å². The lowest BCUT2D eigenvalue weighted by atomic mass is 10.0. The van der Waals surface area contributed by atoms with E-state index in [0.29, 0.717) is 24.4 Å². The standard InChI is InChI=1S/C19H30N4O2.2ClH/c1-14(2)12-17(20)19(25)21-16-6-4-15(5-7-16)13-18(24)23-10-8-22(3)9-11-23;;/h4-7,14,17H,8-13,20H2,1-3H3,(H,21,25);2*1H/t17-;;/m0../s1. The van der Waals surface area contributed by atoms with Crippen LogP contribution in [0.15, 0.2) is 24.3 Å². The van der Waals surface area contributed by atoms with Gasteiger partial charge in [-0.1, -0.05) is 26.0 Å². The van der Waals surface area contributed by atoms with Crippen LogP contribution in [-0.2, 0) is 16.0 Å². The second-order valence-electron chi connectivity index (χ2n) is 7.28. The van der Waals surface area contributed by atoms with Crippen molar-refractivity contribution in [2.45, 2.75) is 32.7 Å². The topological polar surface area (TPSA) is 78.7 Å². The van der Waals surface area contributed by atoms with E-state index in [4.69, 9.17) is 5.73 Å². The summed E-state index contributed by atoms with van der Waals surface area (Å²) >= 11 is 0. The molecule has 1 aliphatic heterocycles. The molecule has 6 nitrogen and oxygen atoms in total. The fraction of sp³-hybridized carbons (Fsp3) is 0.579. The number of anilines is 1. The Morgan fingerprint density at radius 2 is 1.63 bits per heavy atom. The largest absolute Gasteiger partial charge is 0.340 e. The molecule has 2 amide bonds. The molecule has 2 rings (SSSR count). The summed E-state index contributed by atoms with van der Waals surface area (Å²) in [5, 5.41) is 2.83. The number of nitrogens with two attached hydrogens (primary N) is 1. The van der Waals surface area contributed by atoms with E-state index in [1.165, 1.54) is 0 Å². The van der Waals surface area contributed by atoms with Gasteiger partial charge < -0.3 is 20.9 Å². The average Bonchev–Trinajstić information content (AvgIpc) is 2.56. The molecule has 27 heavy (non-hydrogen) atoms. The molecule has 1 aliphatic rings. The van der Waals surface area contributed by atoms with Crippen LogP contribution in [0.3, 0.4) is 0 Å². The van der Waals surface area contributed by atoms with Gasteiger partial charge in [0, 0.05) is 31.9 Å². The van der Waals surface area contributed by atoms with E-state index < -0.39 is 6.04 Å². The van der Waals surface area contributed by atoms with Crippen molar-refractivity contribution in [3.05, 3.63) is 29.8 Å². The molecule has 1 aromatic carbocycles. The van der Waals surface area contributed by atoms with Crippen molar-refractivity contribution >= 4 is 42.3 Å². The predicted octanol–water partition coefficient (Wildman–Crippen LogP) is 2.16. The molecular weight excluding hydrogens is 387 g/mol. The van der Waals surface area contributed by atoms with Gasteiger partial charge in [0.05, 0.1) is 12.5 Å². The Morgan fingerprint density at radius 1 is 1.07 bits per heavy atom. The maximum Gasteiger partial charge on any atom is 0.241 e. The molecule has 0 bridgehead atoms. The zero-order valence-electron chi connectivity index (χ0n) is 16.3. The normalized spacial score (nSPS) is 15.5. The van der Waals surface area contributed by atoms with Gasteiger partial charge in [0.1, 0.15) is 0 Å². The van der Waals surface area contributed by atoms with Crippen molar-refractivity contribution in [2.24, 2.45) is 11.7 Å². The second kappa shape index (κ2) is 12.2. The Bertz CT molecular complexity index is 588. The van der Waals surface area contributed by atoms with Gasteiger partial charge in [0.15, 0.2) is 0 Å². The molecule has 1 fully saturated rings. The third kappa shape index (κ3) is 8.47. The minimum absolute atomic E-state index is 0. The number of piperazine rings is 1. The van der Waals surface area contributed by atoms with E-state index in [0.717, 1.165) is 31.7 Å². The van der Waals surface area contributed by atoms with E-state index in [-0.39, 0.29) is 36.6 Å². The van der Waals surface area contributed by atoms with Gasteiger partial charge in [-0.2, -0.15) is 0 Å². The Morgan fingerprint density at radius 3 is 2.15 bits per heavy atom. The Labute approximate surface area is 174 Å². The summed E-state index contributed by atoms with van der Waals surface area (Å²) < 4.78 is 0. The number of carbonyl (C=O) groups is 2. The van der Waals surface area contributed by atoms with E-state index in [2.05, 4.69) is 17.3 Å². The number of carbonyl (C=O) groups excluding carboxylic acids is 2. The zero-order chi connectivity index (χ0) is 18.4. The van der Waals surface area contributed by atoms with Gasteiger partial charge in [-0.25, -0.2) is 0 Å². The van der Waals surface area contributed by atoms with Crippen LogP contribution >= 0.6 is 24.8 Å². The Kier molecular flexibility index (Phi) is 11.6. The van der Waals surface area contributed by atoms with Crippen LogP contribution in [0.5, 0.6) is 0 Å². The van der Waals surface area contributed by atoms with Gasteiger partial charge in [0.25, 0.3) is 0 Å². The number of hydrogen-bond acceptors (Lipinski definition) is 4. The molecule has 0 spiro atoms. The molecular formula is C19H32Cl2N4O2. The molecule has 1 atom stereocenters. The van der Waals surface area contributed by atoms with Crippen molar-refractivity contribution < 1.29 is 9.59 Å². The van der Waals surface area contributed by atoms with Crippen LogP contribution in [0, 0.1) is 5.92 Å². The van der Waals surface area contributed by atoms with Crippen LogP contribution < -0.4 is 11.1 Å². The second-order valence-corrected chi connectivity index (χ2v) is 7.28. The molecule has 0 radical (unpaired) electrons. The predicted molar refractivity (Wildman–Crippen MR) is 115 cm³/mol. The molecule has 0 aliphatic carbocycles. The smallest absolute Gasteiger partial charge is 0.241 e.